The molecule has 1 aromatic carbocycles. The highest BCUT2D eigenvalue weighted by atomic mass is 16.6. The molecular formula is C25H33NO6. The van der Waals surface area contributed by atoms with Gasteiger partial charge in [0.05, 0.1) is 25.4 Å². The Morgan fingerprint density at radius 2 is 1.97 bits per heavy atom. The van der Waals surface area contributed by atoms with Crippen LogP contribution in [0, 0.1) is 5.41 Å². The van der Waals surface area contributed by atoms with Crippen molar-refractivity contribution in [3.05, 3.63) is 46.3 Å². The lowest BCUT2D eigenvalue weighted by Crippen LogP contribution is -2.38. The van der Waals surface area contributed by atoms with Crippen molar-refractivity contribution in [3.63, 3.8) is 0 Å². The van der Waals surface area contributed by atoms with Crippen molar-refractivity contribution in [2.75, 3.05) is 20.3 Å². The molecule has 7 nitrogen and oxygen atoms in total. The van der Waals surface area contributed by atoms with Crippen LogP contribution in [-0.2, 0) is 19.1 Å². The molecule has 0 saturated heterocycles. The maximum Gasteiger partial charge on any atom is 0.336 e. The molecule has 1 heterocycles. The molecule has 0 amide bonds. The van der Waals surface area contributed by atoms with E-state index in [0.29, 0.717) is 41.0 Å². The van der Waals surface area contributed by atoms with Crippen molar-refractivity contribution in [3.8, 4) is 11.5 Å². The molecule has 0 radical (unpaired) electrons. The first kappa shape index (κ1) is 23.9. The van der Waals surface area contributed by atoms with E-state index in [-0.39, 0.29) is 36.3 Å². The lowest BCUT2D eigenvalue weighted by atomic mass is 9.68. The van der Waals surface area contributed by atoms with Gasteiger partial charge in [0, 0.05) is 29.3 Å². The molecule has 1 aliphatic carbocycles. The average molecular weight is 444 g/mol. The summed E-state index contributed by atoms with van der Waals surface area (Å²) in [6.07, 6.45) is 1.11. The summed E-state index contributed by atoms with van der Waals surface area (Å²) in [5.41, 5.74) is 2.85. The number of dihydropyridines is 1. The van der Waals surface area contributed by atoms with Crippen LogP contribution in [0.2, 0.25) is 0 Å². The number of phenolic OH excluding ortho intramolecular Hbond substituents is 1. The summed E-state index contributed by atoms with van der Waals surface area (Å²) in [5, 5.41) is 13.7. The number of hydrogen-bond acceptors (Lipinski definition) is 7. The zero-order valence-electron chi connectivity index (χ0n) is 19.7. The Kier molecular flexibility index (Phi) is 6.98. The van der Waals surface area contributed by atoms with Gasteiger partial charge in [-0.05, 0) is 50.3 Å². The standard InChI is InChI=1S/C25H33NO6/c1-14(2)31-9-10-32-24(29)21-15(3)26-17-12-25(4,5)13-19(28)23(17)22(21)16-7-8-20(30-6)18(27)11-16/h7-8,11,14,22,26-27H,9-10,12-13H2,1-6H3/t22-/m1/s1. The van der Waals surface area contributed by atoms with Gasteiger partial charge in [-0.15, -0.1) is 0 Å². The SMILES string of the molecule is COc1ccc([C@@H]2C(C(=O)OCCOC(C)C)=C(C)NC3=C2C(=O)CC(C)(C)C3)cc1O. The first-order chi connectivity index (χ1) is 15.0. The predicted octanol–water partition coefficient (Wildman–Crippen LogP) is 3.97. The first-order valence-corrected chi connectivity index (χ1v) is 10.9. The highest BCUT2D eigenvalue weighted by molar-refractivity contribution is 6.04. The Morgan fingerprint density at radius 3 is 2.59 bits per heavy atom. The Morgan fingerprint density at radius 1 is 1.25 bits per heavy atom. The third-order valence-electron chi connectivity index (χ3n) is 5.76. The molecule has 0 fully saturated rings. The summed E-state index contributed by atoms with van der Waals surface area (Å²) in [6, 6.07) is 4.96. The van der Waals surface area contributed by atoms with E-state index in [4.69, 9.17) is 14.2 Å². The average Bonchev–Trinajstić information content (AvgIpc) is 2.68. The number of hydrogen-bond donors (Lipinski definition) is 2. The lowest BCUT2D eigenvalue weighted by molar-refractivity contribution is -0.141. The molecule has 2 N–H and O–H groups in total. The van der Waals surface area contributed by atoms with Gasteiger partial charge in [0.15, 0.2) is 17.3 Å². The Bertz CT molecular complexity index is 973. The Hall–Kier alpha value is -2.80. The van der Waals surface area contributed by atoms with E-state index in [1.807, 2.05) is 20.8 Å². The second kappa shape index (κ2) is 9.36. The summed E-state index contributed by atoms with van der Waals surface area (Å²) < 4.78 is 16.1. The van der Waals surface area contributed by atoms with Gasteiger partial charge in [-0.3, -0.25) is 4.79 Å². The molecular weight excluding hydrogens is 410 g/mol. The highest BCUT2D eigenvalue weighted by Gasteiger charge is 2.43. The van der Waals surface area contributed by atoms with Crippen LogP contribution in [0.3, 0.4) is 0 Å². The number of rotatable bonds is 7. The number of Topliss-reactive ketones (excluding diaryl/α,β-unsaturated/α-hetero) is 1. The number of ketones is 1. The van der Waals surface area contributed by atoms with Gasteiger partial charge < -0.3 is 24.6 Å². The molecule has 174 valence electrons. The number of ether oxygens (including phenoxy) is 3. The lowest BCUT2D eigenvalue weighted by Gasteiger charge is -2.39. The van der Waals surface area contributed by atoms with Crippen LogP contribution in [0.5, 0.6) is 11.5 Å². The fourth-order valence-electron chi connectivity index (χ4n) is 4.42. The summed E-state index contributed by atoms with van der Waals surface area (Å²) >= 11 is 0. The molecule has 0 saturated carbocycles. The van der Waals surface area contributed by atoms with Crippen LogP contribution in [-0.4, -0.2) is 43.3 Å². The molecule has 2 aliphatic rings. The number of aromatic hydroxyl groups is 1. The van der Waals surface area contributed by atoms with Crippen molar-refractivity contribution < 1.29 is 28.9 Å². The van der Waals surface area contributed by atoms with Crippen LogP contribution in [0.1, 0.15) is 58.9 Å². The van der Waals surface area contributed by atoms with Crippen LogP contribution < -0.4 is 10.1 Å². The number of methoxy groups -OCH3 is 1. The van der Waals surface area contributed by atoms with E-state index < -0.39 is 11.9 Å². The fraction of sp³-hybridized carbons (Fsp3) is 0.520. The first-order valence-electron chi connectivity index (χ1n) is 10.9. The summed E-state index contributed by atoms with van der Waals surface area (Å²) in [6.45, 7) is 10.2. The van der Waals surface area contributed by atoms with E-state index in [9.17, 15) is 14.7 Å². The molecule has 1 atom stereocenters. The molecule has 7 heteroatoms. The number of phenols is 1. The minimum absolute atomic E-state index is 0.00926. The van der Waals surface area contributed by atoms with E-state index >= 15 is 0 Å². The minimum atomic E-state index is -0.634. The number of allylic oxidation sites excluding steroid dienone is 3. The number of carbonyl (C=O) groups is 2. The predicted molar refractivity (Wildman–Crippen MR) is 120 cm³/mol. The van der Waals surface area contributed by atoms with Gasteiger partial charge in [0.1, 0.15) is 6.61 Å². The van der Waals surface area contributed by atoms with Gasteiger partial charge in [-0.25, -0.2) is 4.79 Å². The van der Waals surface area contributed by atoms with Crippen molar-refractivity contribution in [2.24, 2.45) is 5.41 Å². The molecule has 1 aromatic rings. The number of benzene rings is 1. The van der Waals surface area contributed by atoms with Crippen LogP contribution in [0.15, 0.2) is 40.7 Å². The fourth-order valence-corrected chi connectivity index (χ4v) is 4.42. The molecule has 0 unspecified atom stereocenters. The second-order valence-corrected chi connectivity index (χ2v) is 9.42. The molecule has 0 spiro atoms. The van der Waals surface area contributed by atoms with Gasteiger partial charge >= 0.3 is 5.97 Å². The van der Waals surface area contributed by atoms with Gasteiger partial charge in [0.25, 0.3) is 0 Å². The maximum atomic E-state index is 13.3. The third-order valence-corrected chi connectivity index (χ3v) is 5.76. The molecule has 0 aromatic heterocycles. The van der Waals surface area contributed by atoms with Crippen molar-refractivity contribution >= 4 is 11.8 Å². The number of esters is 1. The van der Waals surface area contributed by atoms with Crippen molar-refractivity contribution in [2.45, 2.75) is 59.5 Å². The Labute approximate surface area is 189 Å². The smallest absolute Gasteiger partial charge is 0.336 e. The van der Waals surface area contributed by atoms with Gasteiger partial charge in [-0.1, -0.05) is 19.9 Å². The minimum Gasteiger partial charge on any atom is -0.504 e. The topological polar surface area (TPSA) is 94.1 Å². The Balaban J connectivity index is 2.02. The summed E-state index contributed by atoms with van der Waals surface area (Å²) in [4.78, 5) is 26.4. The van der Waals surface area contributed by atoms with Crippen LogP contribution >= 0.6 is 0 Å². The van der Waals surface area contributed by atoms with Crippen LogP contribution in [0.25, 0.3) is 0 Å². The third kappa shape index (κ3) is 4.99. The molecule has 32 heavy (non-hydrogen) atoms. The van der Waals surface area contributed by atoms with E-state index in [2.05, 4.69) is 19.2 Å². The van der Waals surface area contributed by atoms with E-state index in [0.717, 1.165) is 5.70 Å². The van der Waals surface area contributed by atoms with E-state index in [1.165, 1.54) is 7.11 Å². The monoisotopic (exact) mass is 443 g/mol. The zero-order chi connectivity index (χ0) is 23.6. The normalized spacial score (nSPS) is 20.2. The number of nitrogens with one attached hydrogen (secondary N) is 1. The maximum absolute atomic E-state index is 13.3. The second-order valence-electron chi connectivity index (χ2n) is 9.42. The largest absolute Gasteiger partial charge is 0.504 e. The van der Waals surface area contributed by atoms with Crippen molar-refractivity contribution in [1.82, 2.24) is 5.32 Å². The zero-order valence-corrected chi connectivity index (χ0v) is 19.7. The summed E-state index contributed by atoms with van der Waals surface area (Å²) in [7, 11) is 1.47. The summed E-state index contributed by atoms with van der Waals surface area (Å²) in [5.74, 6) is -0.879. The number of carbonyl (C=O) groups excluding carboxylic acids is 2. The van der Waals surface area contributed by atoms with Gasteiger partial charge in [-0.2, -0.15) is 0 Å². The highest BCUT2D eigenvalue weighted by Crippen LogP contribution is 2.47. The van der Waals surface area contributed by atoms with Crippen molar-refractivity contribution in [1.29, 1.82) is 0 Å². The molecule has 1 aliphatic heterocycles. The van der Waals surface area contributed by atoms with Gasteiger partial charge in [0.2, 0.25) is 0 Å². The molecule has 3 rings (SSSR count). The molecule has 0 bridgehead atoms. The quantitative estimate of drug-likeness (QED) is 0.486. The van der Waals surface area contributed by atoms with Crippen LogP contribution in [0.4, 0.5) is 0 Å². The van der Waals surface area contributed by atoms with E-state index in [1.54, 1.807) is 18.2 Å².